The largest absolute Gasteiger partial charge is 0.481 e. The number of benzene rings is 1. The van der Waals surface area contributed by atoms with E-state index in [0.29, 0.717) is 157 Å². The zero-order valence-corrected chi connectivity index (χ0v) is 65.3. The van der Waals surface area contributed by atoms with Crippen molar-refractivity contribution in [3.8, 4) is 11.3 Å². The van der Waals surface area contributed by atoms with E-state index in [-0.39, 0.29) is 106 Å². The number of aromatic nitrogens is 12. The maximum Gasteiger partial charge on any atom is 0.308 e. The van der Waals surface area contributed by atoms with Gasteiger partial charge in [0.25, 0.3) is 23.6 Å². The van der Waals surface area contributed by atoms with E-state index in [1.165, 1.54) is 19.2 Å². The number of esters is 1. The lowest BCUT2D eigenvalue weighted by Crippen LogP contribution is -2.62. The van der Waals surface area contributed by atoms with Gasteiger partial charge in [-0.1, -0.05) is 69.2 Å². The number of carbonyl (C=O) groups is 8. The summed E-state index contributed by atoms with van der Waals surface area (Å²) in [5, 5.41) is 29.9. The molecule has 10 heterocycles. The number of carboxylic acid groups (broad SMARTS) is 1. The molecule has 28 nitrogen and oxygen atoms in total. The minimum absolute atomic E-state index is 0.0759. The van der Waals surface area contributed by atoms with Crippen LogP contribution in [0.1, 0.15) is 254 Å². The zero-order chi connectivity index (χ0) is 78.1. The molecule has 6 amide bonds. The van der Waals surface area contributed by atoms with Crippen LogP contribution in [0.5, 0.6) is 0 Å². The molecule has 0 bridgehead atoms. The number of piperazine rings is 3. The first kappa shape index (κ1) is 79.0. The second kappa shape index (κ2) is 32.4. The van der Waals surface area contributed by atoms with E-state index in [1.807, 2.05) is 67.2 Å². The molecule has 13 rings (SSSR count). The third-order valence-corrected chi connectivity index (χ3v) is 21.8. The molecule has 3 aliphatic heterocycles. The number of methoxy groups -OCH3 is 1. The maximum absolute atomic E-state index is 13.7. The van der Waals surface area contributed by atoms with Crippen LogP contribution in [0.2, 0.25) is 0 Å². The third-order valence-electron chi connectivity index (χ3n) is 21.8. The van der Waals surface area contributed by atoms with Crippen LogP contribution in [-0.4, -0.2) is 224 Å². The number of nitrogens with zero attached hydrogens (tertiary/aromatic N) is 17. The minimum Gasteiger partial charge on any atom is -0.481 e. The average molecular weight is 1490 g/mol. The van der Waals surface area contributed by atoms with Gasteiger partial charge in [-0.2, -0.15) is 15.3 Å². The molecule has 29 heteroatoms. The van der Waals surface area contributed by atoms with Gasteiger partial charge in [-0.3, -0.25) is 43.5 Å². The summed E-state index contributed by atoms with van der Waals surface area (Å²) >= 11 is 0. The number of ether oxygens (including phenoxy) is 1. The molecule has 0 radical (unpaired) electrons. The molecule has 7 aromatic heterocycles. The fraction of sp³-hybridized carbons (Fsp3) is 0.570. The molecule has 2 saturated carbocycles. The van der Waals surface area contributed by atoms with Crippen molar-refractivity contribution in [1.29, 1.82) is 0 Å². The molecular weight excluding hydrogens is 1380 g/mol. The van der Waals surface area contributed by atoms with Crippen LogP contribution in [0.3, 0.4) is 0 Å². The normalized spacial score (nSPS) is 19.6. The van der Waals surface area contributed by atoms with Gasteiger partial charge < -0.3 is 39.2 Å². The smallest absolute Gasteiger partial charge is 0.308 e. The van der Waals surface area contributed by atoms with E-state index in [1.54, 1.807) is 61.0 Å². The Balaban J connectivity index is 0.000000161. The number of hydrogen-bond acceptors (Lipinski definition) is 17. The Morgan fingerprint density at radius 2 is 0.861 bits per heavy atom. The first-order chi connectivity index (χ1) is 51.1. The van der Waals surface area contributed by atoms with Crippen LogP contribution in [0.15, 0.2) is 61.1 Å². The molecule has 0 unspecified atom stereocenters. The Morgan fingerprint density at radius 1 is 0.481 bits per heavy atom. The Morgan fingerprint density at radius 3 is 1.24 bits per heavy atom. The van der Waals surface area contributed by atoms with Crippen LogP contribution in [0, 0.1) is 36.4 Å². The second-order valence-corrected chi connectivity index (χ2v) is 32.3. The number of aliphatic carboxylic acids is 1. The van der Waals surface area contributed by atoms with Crippen LogP contribution in [-0.2, 0) is 23.9 Å². The maximum atomic E-state index is 13.7. The highest BCUT2D eigenvalue weighted by atomic mass is 19.1. The molecule has 0 atom stereocenters. The van der Waals surface area contributed by atoms with Crippen molar-refractivity contribution < 1.29 is 52.6 Å². The summed E-state index contributed by atoms with van der Waals surface area (Å²) in [6.07, 6.45) is 10.2. The number of aryl methyl sites for hydroxylation is 1. The summed E-state index contributed by atoms with van der Waals surface area (Å²) in [5.41, 5.74) is 8.46. The molecule has 0 spiro atoms. The predicted molar refractivity (Wildman–Crippen MR) is 402 cm³/mol. The van der Waals surface area contributed by atoms with E-state index in [2.05, 4.69) is 92.8 Å². The van der Waals surface area contributed by atoms with E-state index < -0.39 is 17.0 Å². The number of hydrogen-bond donors (Lipinski definition) is 2. The van der Waals surface area contributed by atoms with Crippen molar-refractivity contribution in [2.45, 2.75) is 196 Å². The number of carboxylic acids is 1. The van der Waals surface area contributed by atoms with Crippen molar-refractivity contribution in [2.24, 2.45) is 23.7 Å². The number of rotatable bonds is 14. The minimum atomic E-state index is -0.766. The van der Waals surface area contributed by atoms with Gasteiger partial charge in [0.2, 0.25) is 17.6 Å². The van der Waals surface area contributed by atoms with Gasteiger partial charge in [0.05, 0.1) is 65.7 Å². The number of H-pyrrole nitrogens is 1. The van der Waals surface area contributed by atoms with Gasteiger partial charge >= 0.3 is 11.9 Å². The fourth-order valence-electron chi connectivity index (χ4n) is 15.4. The number of amides is 6. The van der Waals surface area contributed by atoms with E-state index in [0.717, 1.165) is 39.3 Å². The van der Waals surface area contributed by atoms with E-state index >= 15 is 0 Å². The van der Waals surface area contributed by atoms with Gasteiger partial charge in [-0.05, 0) is 158 Å². The first-order valence-electron chi connectivity index (χ1n) is 38.1. The zero-order valence-electron chi connectivity index (χ0n) is 65.3. The van der Waals surface area contributed by atoms with E-state index in [9.17, 15) is 47.9 Å². The quantitative estimate of drug-likeness (QED) is 0.0956. The monoisotopic (exact) mass is 1480 g/mol. The Bertz CT molecular complexity index is 4660. The topological polar surface area (TPSA) is 318 Å². The first-order valence-corrected chi connectivity index (χ1v) is 38.1. The fourth-order valence-corrected chi connectivity index (χ4v) is 15.4. The number of fused-ring (bicyclic) bond motifs is 3. The molecule has 5 fully saturated rings. The summed E-state index contributed by atoms with van der Waals surface area (Å²) in [7, 11) is 1.41. The van der Waals surface area contributed by atoms with Gasteiger partial charge in [0.15, 0.2) is 16.9 Å². The number of carbonyl (C=O) groups excluding carboxylic acids is 7. The Hall–Kier alpha value is -10.1. The standard InChI is InChI=1S/C28H41N5O4.C27H39N5O4.C24H25FN8O2/c1-17(2)21-14-22(18(3)4)30-33-15-23(29-24(21)33)26(35)32-13-12-31(16-28(32,5)6)25(34)19-8-10-20(11-9-19)27(36)37-7;1-16(2)20-13-21(17(3)4)29-32-14-22(28-23(20)32)25(34)31-12-11-30(15-27(31,5)6)24(33)18-7-9-19(10-8-18)26(35)36;1-14(2)18-12-19(16-4-6-17(25)7-5-16)30-33-13-20(27-22(18)33)23(34)31-8-10-32(11-9-31)24(35)21-26-15(3)28-29-21/h14-15,17-20H,8-13,16H2,1-7H3;13-14,16-19H,7-12,15H2,1-6H3,(H,35,36);4-7,12-14H,8-11H2,1-3H3,(H,26,28,29). The lowest BCUT2D eigenvalue weighted by Gasteiger charge is -2.47. The Labute approximate surface area is 629 Å². The number of imidazole rings is 3. The third kappa shape index (κ3) is 17.1. The molecule has 3 saturated heterocycles. The van der Waals surface area contributed by atoms with Crippen molar-refractivity contribution in [3.05, 3.63) is 124 Å². The molecule has 8 aromatic rings. The molecule has 2 aliphatic carbocycles. The highest BCUT2D eigenvalue weighted by molar-refractivity contribution is 5.96. The molecule has 108 heavy (non-hydrogen) atoms. The number of nitrogens with one attached hydrogen (secondary N) is 1. The lowest BCUT2D eigenvalue weighted by molar-refractivity contribution is -0.149. The van der Waals surface area contributed by atoms with Gasteiger partial charge in [-0.25, -0.2) is 37.9 Å². The van der Waals surface area contributed by atoms with Crippen LogP contribution >= 0.6 is 0 Å². The summed E-state index contributed by atoms with van der Waals surface area (Å²) in [4.78, 5) is 132. The SMILES string of the molecule is CC(C)c1cc(C(C)C)c2nc(C(=O)N3CCN(C(=O)C4CCC(C(=O)O)CC4)CC3(C)C)cn2n1.COC(=O)C1CCC(C(=O)N2CCN(C(=O)c3cn4nc(C(C)C)cc(C(C)C)c4n3)C(C)(C)C2)CC1.Cc1nc(C(=O)N2CCN(C(=O)c3cn4nc(-c5ccc(F)cc5)cc(C(C)C)c4n3)CC2)n[nH]1. The van der Waals surface area contributed by atoms with Gasteiger partial charge in [-0.15, -0.1) is 5.10 Å². The lowest BCUT2D eigenvalue weighted by atomic mass is 9.81. The highest BCUT2D eigenvalue weighted by Gasteiger charge is 2.44. The van der Waals surface area contributed by atoms with Crippen molar-refractivity contribution >= 4 is 64.3 Å². The molecule has 5 aliphatic rings. The van der Waals surface area contributed by atoms with Crippen molar-refractivity contribution in [2.75, 3.05) is 72.6 Å². The van der Waals surface area contributed by atoms with Crippen LogP contribution in [0.25, 0.3) is 28.2 Å². The molecular formula is C79H105FN18O10. The molecule has 578 valence electrons. The van der Waals surface area contributed by atoms with Gasteiger partial charge in [0, 0.05) is 99.5 Å². The molecule has 1 aromatic carbocycles. The van der Waals surface area contributed by atoms with E-state index in [4.69, 9.17) is 24.9 Å². The van der Waals surface area contributed by atoms with Crippen LogP contribution < -0.4 is 0 Å². The summed E-state index contributed by atoms with van der Waals surface area (Å²) < 4.78 is 23.3. The summed E-state index contributed by atoms with van der Waals surface area (Å²) in [5.74, 6) is -0.589. The van der Waals surface area contributed by atoms with Crippen molar-refractivity contribution in [1.82, 2.24) is 88.4 Å². The van der Waals surface area contributed by atoms with Crippen LogP contribution in [0.4, 0.5) is 4.39 Å². The highest BCUT2D eigenvalue weighted by Crippen LogP contribution is 2.36. The van der Waals surface area contributed by atoms with Crippen molar-refractivity contribution in [3.63, 3.8) is 0 Å². The molecule has 2 N–H and O–H groups in total. The number of halogens is 1. The Kier molecular flexibility index (Phi) is 23.7. The predicted octanol–water partition coefficient (Wildman–Crippen LogP) is 10.6. The number of aromatic amines is 1. The average Bonchev–Trinajstić information content (AvgIpc) is 1.61. The second-order valence-electron chi connectivity index (χ2n) is 32.3. The van der Waals surface area contributed by atoms with Gasteiger partial charge in [0.1, 0.15) is 28.7 Å². The summed E-state index contributed by atoms with van der Waals surface area (Å²) in [6.45, 7) is 35.0. The summed E-state index contributed by atoms with van der Waals surface area (Å²) in [6, 6.07) is 12.3.